The van der Waals surface area contributed by atoms with Crippen molar-refractivity contribution in [1.29, 1.82) is 5.26 Å². The van der Waals surface area contributed by atoms with Crippen LogP contribution in [0.2, 0.25) is 0 Å². The van der Waals surface area contributed by atoms with Crippen molar-refractivity contribution in [2.24, 2.45) is 0 Å². The van der Waals surface area contributed by atoms with Gasteiger partial charge in [-0.3, -0.25) is 10.1 Å². The first-order valence-electron chi connectivity index (χ1n) is 5.62. The van der Waals surface area contributed by atoms with E-state index in [2.05, 4.69) is 16.5 Å². The van der Waals surface area contributed by atoms with E-state index in [0.29, 0.717) is 0 Å². The molecule has 0 bridgehead atoms. The molecule has 7 nitrogen and oxygen atoms in total. The summed E-state index contributed by atoms with van der Waals surface area (Å²) in [6, 6.07) is 2.68. The van der Waals surface area contributed by atoms with E-state index in [1.165, 1.54) is 6.08 Å². The lowest BCUT2D eigenvalue weighted by Crippen LogP contribution is -1.99. The number of hydrogen-bond donors (Lipinski definition) is 1. The summed E-state index contributed by atoms with van der Waals surface area (Å²) in [5.41, 5.74) is -1.08. The van der Waals surface area contributed by atoms with E-state index in [1.54, 1.807) is 6.07 Å². The van der Waals surface area contributed by atoms with Crippen LogP contribution in [0.15, 0.2) is 18.7 Å². The van der Waals surface area contributed by atoms with Crippen LogP contribution in [-0.4, -0.2) is 21.5 Å². The Hall–Kier alpha value is -3.02. The molecule has 0 saturated carbocycles. The normalized spacial score (nSPS) is 10.6. The van der Waals surface area contributed by atoms with Crippen molar-refractivity contribution in [3.8, 4) is 11.8 Å². The predicted octanol–water partition coefficient (Wildman–Crippen LogP) is 2.85. The molecule has 108 valence electrons. The van der Waals surface area contributed by atoms with E-state index in [0.717, 1.165) is 6.07 Å². The Morgan fingerprint density at radius 2 is 2.38 bits per heavy atom. The maximum atomic E-state index is 12.7. The number of aromatic nitrogens is 2. The number of aromatic amines is 1. The first kappa shape index (κ1) is 14.4. The molecule has 0 amide bonds. The fourth-order valence-corrected chi connectivity index (χ4v) is 1.76. The van der Waals surface area contributed by atoms with Crippen molar-refractivity contribution in [1.82, 2.24) is 9.97 Å². The Kier molecular flexibility index (Phi) is 3.80. The molecule has 0 atom stereocenters. The Morgan fingerprint density at radius 1 is 1.67 bits per heavy atom. The van der Waals surface area contributed by atoms with E-state index < -0.39 is 22.9 Å². The van der Waals surface area contributed by atoms with Crippen molar-refractivity contribution in [2.75, 3.05) is 6.61 Å². The molecular formula is C12H8F2N4O3. The molecule has 0 radical (unpaired) electrons. The van der Waals surface area contributed by atoms with Crippen molar-refractivity contribution >= 4 is 16.7 Å². The first-order chi connectivity index (χ1) is 9.99. The van der Waals surface area contributed by atoms with Crippen LogP contribution in [0.25, 0.3) is 11.0 Å². The number of halogens is 2. The molecule has 1 N–H and O–H groups in total. The number of imidazole rings is 1. The Morgan fingerprint density at radius 3 is 2.90 bits per heavy atom. The highest BCUT2D eigenvalue weighted by atomic mass is 19.3. The van der Waals surface area contributed by atoms with Crippen LogP contribution in [-0.2, 0) is 0 Å². The molecule has 0 aliphatic rings. The molecule has 21 heavy (non-hydrogen) atoms. The molecule has 9 heteroatoms. The molecule has 1 aromatic heterocycles. The van der Waals surface area contributed by atoms with Gasteiger partial charge in [0.25, 0.3) is 12.1 Å². The molecule has 0 aliphatic heterocycles. The second-order valence-corrected chi connectivity index (χ2v) is 3.89. The summed E-state index contributed by atoms with van der Waals surface area (Å²) in [5.74, 6) is -0.826. The molecule has 1 heterocycles. The van der Waals surface area contributed by atoms with Crippen molar-refractivity contribution in [2.45, 2.75) is 6.43 Å². The van der Waals surface area contributed by atoms with Gasteiger partial charge in [0, 0.05) is 6.07 Å². The molecule has 0 saturated heterocycles. The third kappa shape index (κ3) is 2.51. The fraction of sp³-hybridized carbons (Fsp3) is 0.167. The number of H-pyrrole nitrogens is 1. The summed E-state index contributed by atoms with van der Waals surface area (Å²) >= 11 is 0. The lowest BCUT2D eigenvalue weighted by molar-refractivity contribution is -0.383. The molecule has 2 aromatic rings. The number of alkyl halides is 2. The highest BCUT2D eigenvalue weighted by Crippen LogP contribution is 2.36. The quantitative estimate of drug-likeness (QED) is 0.518. The van der Waals surface area contributed by atoms with Crippen LogP contribution >= 0.6 is 0 Å². The van der Waals surface area contributed by atoms with E-state index in [-0.39, 0.29) is 29.0 Å². The highest BCUT2D eigenvalue weighted by Gasteiger charge is 2.25. The van der Waals surface area contributed by atoms with Gasteiger partial charge < -0.3 is 9.72 Å². The number of benzene rings is 1. The van der Waals surface area contributed by atoms with Crippen LogP contribution in [0.1, 0.15) is 17.8 Å². The van der Waals surface area contributed by atoms with Gasteiger partial charge in [0.1, 0.15) is 29.3 Å². The Bertz CT molecular complexity index is 764. The average Bonchev–Trinajstić information content (AvgIpc) is 2.88. The Labute approximate surface area is 116 Å². The number of hydrogen-bond acceptors (Lipinski definition) is 5. The number of nitrogens with one attached hydrogen (secondary N) is 1. The van der Waals surface area contributed by atoms with Crippen LogP contribution in [0.5, 0.6) is 5.75 Å². The standard InChI is InChI=1S/C12H8F2N4O3/c1-2-3-21-10-6(5-15)4-7(18(19)20)8-9(10)17-12(16-8)11(13)14/h2,4,11H,1,3H2,(H,16,17). The number of nitriles is 1. The van der Waals surface area contributed by atoms with Gasteiger partial charge in [0.05, 0.1) is 4.92 Å². The minimum atomic E-state index is -2.94. The van der Waals surface area contributed by atoms with E-state index in [1.807, 2.05) is 0 Å². The average molecular weight is 294 g/mol. The summed E-state index contributed by atoms with van der Waals surface area (Å²) < 4.78 is 30.7. The minimum absolute atomic E-state index is 0.00152. The number of nitro benzene ring substituents is 1. The zero-order chi connectivity index (χ0) is 15.6. The summed E-state index contributed by atoms with van der Waals surface area (Å²) in [4.78, 5) is 16.0. The van der Waals surface area contributed by atoms with Crippen LogP contribution in [0.4, 0.5) is 14.5 Å². The fourth-order valence-electron chi connectivity index (χ4n) is 1.76. The van der Waals surface area contributed by atoms with Gasteiger partial charge in [-0.25, -0.2) is 13.8 Å². The zero-order valence-electron chi connectivity index (χ0n) is 10.5. The number of rotatable bonds is 5. The monoisotopic (exact) mass is 294 g/mol. The van der Waals surface area contributed by atoms with Gasteiger partial charge in [0.2, 0.25) is 0 Å². The van der Waals surface area contributed by atoms with Crippen molar-refractivity contribution in [3.05, 3.63) is 40.2 Å². The van der Waals surface area contributed by atoms with Crippen LogP contribution in [0, 0.1) is 21.4 Å². The molecule has 0 fully saturated rings. The summed E-state index contributed by atoms with van der Waals surface area (Å²) in [7, 11) is 0. The second-order valence-electron chi connectivity index (χ2n) is 3.89. The van der Waals surface area contributed by atoms with Crippen molar-refractivity contribution < 1.29 is 18.4 Å². The molecule has 0 unspecified atom stereocenters. The molecular weight excluding hydrogens is 286 g/mol. The SMILES string of the molecule is C=CCOc1c(C#N)cc([N+](=O)[O-])c2[nH]c(C(F)F)nc12. The molecule has 0 spiro atoms. The van der Waals surface area contributed by atoms with Gasteiger partial charge >= 0.3 is 0 Å². The third-order valence-corrected chi connectivity index (χ3v) is 2.59. The van der Waals surface area contributed by atoms with Gasteiger partial charge in [-0.05, 0) is 0 Å². The first-order valence-corrected chi connectivity index (χ1v) is 5.62. The summed E-state index contributed by atoms with van der Waals surface area (Å²) in [6.07, 6.45) is -1.55. The van der Waals surface area contributed by atoms with Gasteiger partial charge in [-0.1, -0.05) is 12.7 Å². The van der Waals surface area contributed by atoms with E-state index >= 15 is 0 Å². The predicted molar refractivity (Wildman–Crippen MR) is 68.1 cm³/mol. The summed E-state index contributed by atoms with van der Waals surface area (Å²) in [6.45, 7) is 3.42. The largest absolute Gasteiger partial charge is 0.486 e. The van der Waals surface area contributed by atoms with E-state index in [9.17, 15) is 18.9 Å². The van der Waals surface area contributed by atoms with Gasteiger partial charge in [0.15, 0.2) is 11.6 Å². The van der Waals surface area contributed by atoms with Crippen molar-refractivity contribution in [3.63, 3.8) is 0 Å². The second kappa shape index (κ2) is 5.54. The van der Waals surface area contributed by atoms with E-state index in [4.69, 9.17) is 10.00 Å². The number of fused-ring (bicyclic) bond motifs is 1. The lowest BCUT2D eigenvalue weighted by Gasteiger charge is -2.06. The maximum Gasteiger partial charge on any atom is 0.296 e. The smallest absolute Gasteiger partial charge is 0.296 e. The minimum Gasteiger partial charge on any atom is -0.486 e. The lowest BCUT2D eigenvalue weighted by atomic mass is 10.1. The number of nitro groups is 1. The van der Waals surface area contributed by atoms with Gasteiger partial charge in [-0.2, -0.15) is 5.26 Å². The summed E-state index contributed by atoms with van der Waals surface area (Å²) in [5, 5.41) is 20.0. The maximum absolute atomic E-state index is 12.7. The molecule has 0 aliphatic carbocycles. The van der Waals surface area contributed by atoms with Crippen LogP contribution < -0.4 is 4.74 Å². The third-order valence-electron chi connectivity index (χ3n) is 2.59. The van der Waals surface area contributed by atoms with Gasteiger partial charge in [-0.15, -0.1) is 0 Å². The number of ether oxygens (including phenoxy) is 1. The van der Waals surface area contributed by atoms with Crippen LogP contribution in [0.3, 0.4) is 0 Å². The highest BCUT2D eigenvalue weighted by molar-refractivity contribution is 5.92. The number of non-ortho nitro benzene ring substituents is 1. The Balaban J connectivity index is 2.80. The number of nitrogens with zero attached hydrogens (tertiary/aromatic N) is 3. The molecule has 1 aromatic carbocycles. The molecule has 2 rings (SSSR count). The topological polar surface area (TPSA) is 105 Å². The zero-order valence-corrected chi connectivity index (χ0v) is 10.5.